The van der Waals surface area contributed by atoms with E-state index in [2.05, 4.69) is 12.2 Å². The Hall–Kier alpha value is -2.27. The predicted molar refractivity (Wildman–Crippen MR) is 97.0 cm³/mol. The molecule has 0 atom stereocenters. The molecule has 0 saturated carbocycles. The molecule has 5 heteroatoms. The zero-order valence-corrected chi connectivity index (χ0v) is 15.4. The van der Waals surface area contributed by atoms with E-state index >= 15 is 0 Å². The summed E-state index contributed by atoms with van der Waals surface area (Å²) in [4.78, 5) is 12.0. The number of benzene rings is 1. The summed E-state index contributed by atoms with van der Waals surface area (Å²) >= 11 is 0. The molecule has 0 aliphatic rings. The van der Waals surface area contributed by atoms with Crippen molar-refractivity contribution < 1.29 is 18.7 Å². The standard InChI is InChI=1S/C20H27NO4/c1-14(2)23-11-5-10-21-20(22)19-9-8-18(25-19)13-24-17-7-6-15(3)16(4)12-17/h6-9,12,14H,5,10-11,13H2,1-4H3,(H,21,22). The maximum atomic E-state index is 12.0. The Labute approximate surface area is 149 Å². The molecule has 2 aromatic rings. The van der Waals surface area contributed by atoms with Crippen LogP contribution in [0.5, 0.6) is 5.75 Å². The zero-order chi connectivity index (χ0) is 18.2. The second-order valence-electron chi connectivity index (χ2n) is 6.33. The van der Waals surface area contributed by atoms with E-state index in [-0.39, 0.29) is 18.6 Å². The molecule has 0 unspecified atom stereocenters. The van der Waals surface area contributed by atoms with Gasteiger partial charge in [0.2, 0.25) is 0 Å². The first kappa shape index (κ1) is 19.1. The molecule has 2 rings (SSSR count). The molecule has 0 aliphatic heterocycles. The number of carbonyl (C=O) groups excluding carboxylic acids is 1. The third kappa shape index (κ3) is 6.27. The van der Waals surface area contributed by atoms with E-state index in [9.17, 15) is 4.79 Å². The van der Waals surface area contributed by atoms with Gasteiger partial charge < -0.3 is 19.2 Å². The largest absolute Gasteiger partial charge is 0.486 e. The molecule has 0 fully saturated rings. The van der Waals surface area contributed by atoms with Gasteiger partial charge in [0.15, 0.2) is 5.76 Å². The van der Waals surface area contributed by atoms with Gasteiger partial charge in [-0.3, -0.25) is 4.79 Å². The summed E-state index contributed by atoms with van der Waals surface area (Å²) in [6.45, 7) is 9.56. The first-order chi connectivity index (χ1) is 12.0. The van der Waals surface area contributed by atoms with Gasteiger partial charge in [-0.05, 0) is 69.5 Å². The molecule has 25 heavy (non-hydrogen) atoms. The van der Waals surface area contributed by atoms with E-state index in [0.29, 0.717) is 24.7 Å². The molecule has 5 nitrogen and oxygen atoms in total. The van der Waals surface area contributed by atoms with Crippen LogP contribution in [0.4, 0.5) is 0 Å². The van der Waals surface area contributed by atoms with Crippen LogP contribution in [-0.4, -0.2) is 25.2 Å². The Kier molecular flexibility index (Phi) is 7.07. The Morgan fingerprint density at radius 1 is 1.16 bits per heavy atom. The van der Waals surface area contributed by atoms with E-state index in [0.717, 1.165) is 12.2 Å². The van der Waals surface area contributed by atoms with Crippen molar-refractivity contribution in [2.75, 3.05) is 13.2 Å². The van der Waals surface area contributed by atoms with Gasteiger partial charge in [0.1, 0.15) is 18.1 Å². The minimum absolute atomic E-state index is 0.209. The average molecular weight is 345 g/mol. The average Bonchev–Trinajstić information content (AvgIpc) is 3.04. The fourth-order valence-corrected chi connectivity index (χ4v) is 2.22. The summed E-state index contributed by atoms with van der Waals surface area (Å²) in [5, 5.41) is 2.82. The van der Waals surface area contributed by atoms with Crippen molar-refractivity contribution in [3.8, 4) is 5.75 Å². The van der Waals surface area contributed by atoms with Crippen LogP contribution in [-0.2, 0) is 11.3 Å². The lowest BCUT2D eigenvalue weighted by molar-refractivity contribution is 0.0753. The number of aryl methyl sites for hydroxylation is 2. The van der Waals surface area contributed by atoms with Crippen molar-refractivity contribution in [1.29, 1.82) is 0 Å². The molecule has 0 saturated heterocycles. The fourth-order valence-electron chi connectivity index (χ4n) is 2.22. The minimum atomic E-state index is -0.220. The fraction of sp³-hybridized carbons (Fsp3) is 0.450. The maximum absolute atomic E-state index is 12.0. The number of ether oxygens (including phenoxy) is 2. The molecule has 1 aromatic carbocycles. The highest BCUT2D eigenvalue weighted by Gasteiger charge is 2.11. The van der Waals surface area contributed by atoms with Crippen LogP contribution in [0.2, 0.25) is 0 Å². The Morgan fingerprint density at radius 2 is 1.96 bits per heavy atom. The topological polar surface area (TPSA) is 60.7 Å². The predicted octanol–water partition coefficient (Wildman–Crippen LogP) is 4.02. The van der Waals surface area contributed by atoms with E-state index in [1.165, 1.54) is 11.1 Å². The van der Waals surface area contributed by atoms with Gasteiger partial charge in [0.25, 0.3) is 5.91 Å². The zero-order valence-electron chi connectivity index (χ0n) is 15.4. The second kappa shape index (κ2) is 9.28. The normalized spacial score (nSPS) is 10.9. The summed E-state index contributed by atoms with van der Waals surface area (Å²) in [6.07, 6.45) is 0.980. The van der Waals surface area contributed by atoms with Crippen LogP contribution < -0.4 is 10.1 Å². The quantitative estimate of drug-likeness (QED) is 0.697. The molecule has 136 valence electrons. The van der Waals surface area contributed by atoms with Gasteiger partial charge in [0.05, 0.1) is 6.10 Å². The van der Waals surface area contributed by atoms with Crippen molar-refractivity contribution in [2.45, 2.75) is 46.8 Å². The molecule has 0 aliphatic carbocycles. The lowest BCUT2D eigenvalue weighted by Gasteiger charge is -2.08. The summed E-state index contributed by atoms with van der Waals surface area (Å²) < 4.78 is 16.7. The third-order valence-electron chi connectivity index (χ3n) is 3.80. The van der Waals surface area contributed by atoms with Gasteiger partial charge in [0, 0.05) is 13.2 Å². The summed E-state index contributed by atoms with van der Waals surface area (Å²) in [6, 6.07) is 9.37. The smallest absolute Gasteiger partial charge is 0.286 e. The van der Waals surface area contributed by atoms with Gasteiger partial charge >= 0.3 is 0 Å². The number of hydrogen-bond donors (Lipinski definition) is 1. The van der Waals surface area contributed by atoms with Crippen LogP contribution in [0.25, 0.3) is 0 Å². The molecule has 1 N–H and O–H groups in total. The summed E-state index contributed by atoms with van der Waals surface area (Å²) in [5.74, 6) is 1.48. The van der Waals surface area contributed by atoms with E-state index in [1.54, 1.807) is 12.1 Å². The van der Waals surface area contributed by atoms with Crippen LogP contribution in [0, 0.1) is 13.8 Å². The number of rotatable bonds is 9. The molecule has 0 radical (unpaired) electrons. The van der Waals surface area contributed by atoms with Crippen molar-refractivity contribution in [3.05, 3.63) is 53.0 Å². The van der Waals surface area contributed by atoms with Crippen molar-refractivity contribution in [3.63, 3.8) is 0 Å². The Bertz CT molecular complexity index is 691. The summed E-state index contributed by atoms with van der Waals surface area (Å²) in [7, 11) is 0. The summed E-state index contributed by atoms with van der Waals surface area (Å²) in [5.41, 5.74) is 2.40. The number of furan rings is 1. The molecule has 1 heterocycles. The molecule has 0 spiro atoms. The monoisotopic (exact) mass is 345 g/mol. The maximum Gasteiger partial charge on any atom is 0.286 e. The highest BCUT2D eigenvalue weighted by atomic mass is 16.5. The van der Waals surface area contributed by atoms with Gasteiger partial charge in [-0.25, -0.2) is 0 Å². The lowest BCUT2D eigenvalue weighted by Crippen LogP contribution is -2.25. The number of amides is 1. The van der Waals surface area contributed by atoms with E-state index < -0.39 is 0 Å². The Morgan fingerprint density at radius 3 is 2.68 bits per heavy atom. The molecule has 1 aromatic heterocycles. The Balaban J connectivity index is 1.77. The van der Waals surface area contributed by atoms with Crippen LogP contribution >= 0.6 is 0 Å². The van der Waals surface area contributed by atoms with Gasteiger partial charge in [-0.15, -0.1) is 0 Å². The van der Waals surface area contributed by atoms with Crippen molar-refractivity contribution in [2.24, 2.45) is 0 Å². The van der Waals surface area contributed by atoms with E-state index in [1.807, 2.05) is 39.0 Å². The lowest BCUT2D eigenvalue weighted by atomic mass is 10.1. The van der Waals surface area contributed by atoms with E-state index in [4.69, 9.17) is 13.9 Å². The molecular weight excluding hydrogens is 318 g/mol. The number of carbonyl (C=O) groups is 1. The van der Waals surface area contributed by atoms with Crippen molar-refractivity contribution >= 4 is 5.91 Å². The first-order valence-electron chi connectivity index (χ1n) is 8.64. The SMILES string of the molecule is Cc1ccc(OCc2ccc(C(=O)NCCCOC(C)C)o2)cc1C. The van der Waals surface area contributed by atoms with Crippen LogP contribution in [0.15, 0.2) is 34.7 Å². The van der Waals surface area contributed by atoms with Crippen LogP contribution in [0.1, 0.15) is 47.7 Å². The van der Waals surface area contributed by atoms with Gasteiger partial charge in [-0.1, -0.05) is 6.07 Å². The van der Waals surface area contributed by atoms with Crippen molar-refractivity contribution in [1.82, 2.24) is 5.32 Å². The minimum Gasteiger partial charge on any atom is -0.486 e. The second-order valence-corrected chi connectivity index (χ2v) is 6.33. The highest BCUT2D eigenvalue weighted by Crippen LogP contribution is 2.18. The van der Waals surface area contributed by atoms with Crippen LogP contribution in [0.3, 0.4) is 0 Å². The third-order valence-corrected chi connectivity index (χ3v) is 3.80. The van der Waals surface area contributed by atoms with Gasteiger partial charge in [-0.2, -0.15) is 0 Å². The molecule has 0 bridgehead atoms. The highest BCUT2D eigenvalue weighted by molar-refractivity contribution is 5.91. The molecule has 1 amide bonds. The molecular formula is C20H27NO4. The first-order valence-corrected chi connectivity index (χ1v) is 8.64. The number of nitrogens with one attached hydrogen (secondary N) is 1. The number of hydrogen-bond acceptors (Lipinski definition) is 4.